The zero-order valence-corrected chi connectivity index (χ0v) is 21.2. The number of anilines is 1. The maximum absolute atomic E-state index is 12.9. The van der Waals surface area contributed by atoms with Gasteiger partial charge in [-0.25, -0.2) is 0 Å². The Labute approximate surface area is 219 Å². The number of hydrogen-bond acceptors (Lipinski definition) is 5. The lowest BCUT2D eigenvalue weighted by Crippen LogP contribution is -2.32. The third-order valence-corrected chi connectivity index (χ3v) is 6.38. The van der Waals surface area contributed by atoms with Crippen LogP contribution in [-0.4, -0.2) is 36.2 Å². The molecule has 1 heterocycles. The molecule has 0 saturated carbocycles. The van der Waals surface area contributed by atoms with Crippen LogP contribution in [0.25, 0.3) is 0 Å². The van der Waals surface area contributed by atoms with Crippen LogP contribution < -0.4 is 9.64 Å². The summed E-state index contributed by atoms with van der Waals surface area (Å²) in [4.78, 5) is 40.0. The number of rotatable bonds is 9. The van der Waals surface area contributed by atoms with Gasteiger partial charge >= 0.3 is 5.97 Å². The molecule has 2 atom stereocenters. The molecule has 0 aliphatic carbocycles. The molecule has 4 rings (SSSR count). The minimum Gasteiger partial charge on any atom is -0.457 e. The predicted molar refractivity (Wildman–Crippen MR) is 139 cm³/mol. The minimum atomic E-state index is -1.03. The van der Waals surface area contributed by atoms with Crippen molar-refractivity contribution in [3.8, 4) is 11.5 Å². The van der Waals surface area contributed by atoms with E-state index >= 15 is 0 Å². The highest BCUT2D eigenvalue weighted by atomic mass is 35.5. The fourth-order valence-electron chi connectivity index (χ4n) is 3.93. The van der Waals surface area contributed by atoms with E-state index in [0.717, 1.165) is 5.56 Å². The summed E-state index contributed by atoms with van der Waals surface area (Å²) in [6.07, 6.45) is -0.858. The largest absolute Gasteiger partial charge is 0.457 e. The van der Waals surface area contributed by atoms with E-state index in [1.807, 2.05) is 31.2 Å². The monoisotopic (exact) mass is 525 g/mol. The number of nitrogens with zero attached hydrogens (tertiary/aromatic N) is 1. The molecule has 1 saturated heterocycles. The van der Waals surface area contributed by atoms with E-state index in [2.05, 4.69) is 0 Å². The molecular weight excluding hydrogens is 501 g/mol. The molecule has 3 aromatic rings. The SMILES string of the molecule is Cc1ccc(Oc2ccc(N3C[C@@H](C(=O)O[C@@H](CCCl)C(=O)c4ccc(Cl)cc4)CC3=O)cc2)cc1. The molecule has 36 heavy (non-hydrogen) atoms. The number of carbonyl (C=O) groups is 3. The summed E-state index contributed by atoms with van der Waals surface area (Å²) in [7, 11) is 0. The van der Waals surface area contributed by atoms with Crippen LogP contribution in [0.3, 0.4) is 0 Å². The molecule has 0 N–H and O–H groups in total. The highest BCUT2D eigenvalue weighted by molar-refractivity contribution is 6.30. The number of amides is 1. The number of halogens is 2. The zero-order chi connectivity index (χ0) is 25.7. The normalized spacial score (nSPS) is 16.0. The van der Waals surface area contributed by atoms with Gasteiger partial charge in [0.1, 0.15) is 11.5 Å². The topological polar surface area (TPSA) is 72.9 Å². The lowest BCUT2D eigenvalue weighted by molar-refractivity contribution is -0.151. The van der Waals surface area contributed by atoms with Gasteiger partial charge in [-0.3, -0.25) is 14.4 Å². The van der Waals surface area contributed by atoms with Crippen molar-refractivity contribution >= 4 is 46.5 Å². The Hall–Kier alpha value is -3.35. The molecule has 1 fully saturated rings. The number of alkyl halides is 1. The summed E-state index contributed by atoms with van der Waals surface area (Å²) >= 11 is 11.8. The van der Waals surface area contributed by atoms with Crippen molar-refractivity contribution in [1.82, 2.24) is 0 Å². The highest BCUT2D eigenvalue weighted by Crippen LogP contribution is 2.30. The first kappa shape index (κ1) is 25.7. The Balaban J connectivity index is 1.39. The van der Waals surface area contributed by atoms with Crippen molar-refractivity contribution in [3.63, 3.8) is 0 Å². The van der Waals surface area contributed by atoms with E-state index in [4.69, 9.17) is 32.7 Å². The van der Waals surface area contributed by atoms with E-state index in [-0.39, 0.29) is 37.0 Å². The van der Waals surface area contributed by atoms with Gasteiger partial charge in [-0.1, -0.05) is 29.3 Å². The number of ketones is 1. The smallest absolute Gasteiger partial charge is 0.312 e. The van der Waals surface area contributed by atoms with Gasteiger partial charge in [0, 0.05) is 41.5 Å². The predicted octanol–water partition coefficient (Wildman–Crippen LogP) is 6.22. The van der Waals surface area contributed by atoms with Crippen molar-refractivity contribution in [2.24, 2.45) is 5.92 Å². The summed E-state index contributed by atoms with van der Waals surface area (Å²) in [5, 5.41) is 0.497. The van der Waals surface area contributed by atoms with E-state index in [9.17, 15) is 14.4 Å². The number of hydrogen-bond donors (Lipinski definition) is 0. The minimum absolute atomic E-state index is 0.00316. The molecule has 8 heteroatoms. The van der Waals surface area contributed by atoms with Gasteiger partial charge in [0.25, 0.3) is 0 Å². The van der Waals surface area contributed by atoms with Crippen molar-refractivity contribution in [1.29, 1.82) is 0 Å². The number of benzene rings is 3. The molecule has 0 unspecified atom stereocenters. The van der Waals surface area contributed by atoms with Gasteiger partial charge in [0.15, 0.2) is 6.10 Å². The van der Waals surface area contributed by atoms with Crippen LogP contribution in [0.15, 0.2) is 72.8 Å². The number of carbonyl (C=O) groups excluding carboxylic acids is 3. The summed E-state index contributed by atoms with van der Waals surface area (Å²) in [6, 6.07) is 21.1. The van der Waals surface area contributed by atoms with Crippen LogP contribution in [0.2, 0.25) is 5.02 Å². The lowest BCUT2D eigenvalue weighted by atomic mass is 10.0. The second-order valence-corrected chi connectivity index (χ2v) is 9.40. The molecule has 1 amide bonds. The summed E-state index contributed by atoms with van der Waals surface area (Å²) in [6.45, 7) is 2.17. The molecule has 1 aliphatic heterocycles. The van der Waals surface area contributed by atoms with E-state index in [1.165, 1.54) is 0 Å². The van der Waals surface area contributed by atoms with Crippen LogP contribution in [-0.2, 0) is 14.3 Å². The Bertz CT molecular complexity index is 1230. The Kier molecular flexibility index (Phi) is 8.28. The van der Waals surface area contributed by atoms with E-state index in [1.54, 1.807) is 53.4 Å². The zero-order valence-electron chi connectivity index (χ0n) is 19.7. The Morgan fingerprint density at radius 3 is 2.19 bits per heavy atom. The van der Waals surface area contributed by atoms with E-state index < -0.39 is 18.0 Å². The molecule has 0 spiro atoms. The molecule has 3 aromatic carbocycles. The lowest BCUT2D eigenvalue weighted by Gasteiger charge is -2.19. The van der Waals surface area contributed by atoms with Crippen molar-refractivity contribution in [2.75, 3.05) is 17.3 Å². The van der Waals surface area contributed by atoms with E-state index in [0.29, 0.717) is 27.8 Å². The first-order valence-electron chi connectivity index (χ1n) is 11.5. The van der Waals surface area contributed by atoms with Crippen LogP contribution in [0.1, 0.15) is 28.8 Å². The molecule has 0 bridgehead atoms. The Morgan fingerprint density at radius 2 is 1.58 bits per heavy atom. The molecule has 186 valence electrons. The van der Waals surface area contributed by atoms with Gasteiger partial charge in [0.05, 0.1) is 5.92 Å². The maximum atomic E-state index is 12.9. The van der Waals surface area contributed by atoms with Crippen molar-refractivity contribution < 1.29 is 23.9 Å². The summed E-state index contributed by atoms with van der Waals surface area (Å²) < 4.78 is 11.4. The molecular formula is C28H25Cl2NO5. The standard InChI is InChI=1S/C28H25Cl2NO5/c1-18-2-10-23(11-3-18)35-24-12-8-22(9-13-24)31-17-20(16-26(31)32)28(34)36-25(14-15-29)27(33)19-4-6-21(30)7-5-19/h2-13,20,25H,14-17H2,1H3/t20-,25-/m0/s1. The average molecular weight is 526 g/mol. The fraction of sp³-hybridized carbons (Fsp3) is 0.250. The second-order valence-electron chi connectivity index (χ2n) is 8.59. The van der Waals surface area contributed by atoms with Crippen molar-refractivity contribution in [3.05, 3.63) is 88.9 Å². The molecule has 0 radical (unpaired) electrons. The van der Waals surface area contributed by atoms with Crippen LogP contribution in [0.5, 0.6) is 11.5 Å². The third-order valence-electron chi connectivity index (χ3n) is 5.91. The quantitative estimate of drug-likeness (QED) is 0.188. The summed E-state index contributed by atoms with van der Waals surface area (Å²) in [5.74, 6) is -0.334. The van der Waals surface area contributed by atoms with Crippen LogP contribution in [0.4, 0.5) is 5.69 Å². The highest BCUT2D eigenvalue weighted by Gasteiger charge is 2.38. The molecule has 1 aliphatic rings. The van der Waals surface area contributed by atoms with Crippen LogP contribution >= 0.6 is 23.2 Å². The average Bonchev–Trinajstić information content (AvgIpc) is 3.27. The summed E-state index contributed by atoms with van der Waals surface area (Å²) in [5.41, 5.74) is 2.17. The van der Waals surface area contributed by atoms with Crippen molar-refractivity contribution in [2.45, 2.75) is 25.9 Å². The van der Waals surface area contributed by atoms with Gasteiger partial charge in [-0.05, 0) is 67.6 Å². The number of esters is 1. The number of aryl methyl sites for hydroxylation is 1. The third kappa shape index (κ3) is 6.25. The molecule has 6 nitrogen and oxygen atoms in total. The van der Waals surface area contributed by atoms with Gasteiger partial charge in [-0.2, -0.15) is 0 Å². The first-order chi connectivity index (χ1) is 17.3. The fourth-order valence-corrected chi connectivity index (χ4v) is 4.25. The number of ether oxygens (including phenoxy) is 2. The van der Waals surface area contributed by atoms with Gasteiger partial charge in [-0.15, -0.1) is 11.6 Å². The second kappa shape index (κ2) is 11.6. The van der Waals surface area contributed by atoms with Gasteiger partial charge in [0.2, 0.25) is 11.7 Å². The number of Topliss-reactive ketones (excluding diaryl/α,β-unsaturated/α-hetero) is 1. The first-order valence-corrected chi connectivity index (χ1v) is 12.5. The maximum Gasteiger partial charge on any atom is 0.312 e. The van der Waals surface area contributed by atoms with Gasteiger partial charge < -0.3 is 14.4 Å². The Morgan fingerprint density at radius 1 is 0.972 bits per heavy atom. The molecule has 0 aromatic heterocycles. The van der Waals surface area contributed by atoms with Crippen LogP contribution in [0, 0.1) is 12.8 Å².